The second kappa shape index (κ2) is 9.09. The quantitative estimate of drug-likeness (QED) is 0.828. The predicted octanol–water partition coefficient (Wildman–Crippen LogP) is 1.59. The van der Waals surface area contributed by atoms with Crippen molar-refractivity contribution in [1.82, 2.24) is 25.1 Å². The number of nitrogens with one attached hydrogen (secondary N) is 1. The maximum absolute atomic E-state index is 12.7. The van der Waals surface area contributed by atoms with E-state index in [2.05, 4.69) is 32.1 Å². The fraction of sp³-hybridized carbons (Fsp3) is 0.476. The van der Waals surface area contributed by atoms with Gasteiger partial charge in [-0.1, -0.05) is 6.07 Å². The third kappa shape index (κ3) is 4.95. The highest BCUT2D eigenvalue weighted by Gasteiger charge is 2.28. The van der Waals surface area contributed by atoms with Crippen molar-refractivity contribution < 1.29 is 9.53 Å². The molecule has 2 aromatic rings. The van der Waals surface area contributed by atoms with Gasteiger partial charge < -0.3 is 24.8 Å². The molecule has 2 amide bonds. The number of nitrogens with zero attached hydrogens (tertiary/aromatic N) is 5. The van der Waals surface area contributed by atoms with Crippen LogP contribution >= 0.6 is 0 Å². The highest BCUT2D eigenvalue weighted by molar-refractivity contribution is 5.74. The van der Waals surface area contributed by atoms with Crippen LogP contribution in [-0.4, -0.2) is 78.2 Å². The van der Waals surface area contributed by atoms with E-state index in [1.54, 1.807) is 12.4 Å². The number of carbonyl (C=O) groups excluding carboxylic acids is 1. The second-order valence-corrected chi connectivity index (χ2v) is 7.60. The Hall–Kier alpha value is -2.87. The van der Waals surface area contributed by atoms with Gasteiger partial charge in [0.2, 0.25) is 0 Å². The largest absolute Gasteiger partial charge is 0.487 e. The van der Waals surface area contributed by atoms with Crippen LogP contribution in [0.4, 0.5) is 10.6 Å². The molecule has 2 aliphatic heterocycles. The SMILES string of the molecule is CN1CCN(c2ncccc2CNC(=O)N2CCC(Oc3cccnc3)C2)CC1. The zero-order chi connectivity index (χ0) is 20.1. The third-order valence-corrected chi connectivity index (χ3v) is 5.47. The molecular formula is C21H28N6O2. The molecule has 1 atom stereocenters. The zero-order valence-electron chi connectivity index (χ0n) is 16.8. The molecule has 0 aliphatic carbocycles. The number of carbonyl (C=O) groups is 1. The predicted molar refractivity (Wildman–Crippen MR) is 111 cm³/mol. The van der Waals surface area contributed by atoms with Crippen molar-refractivity contribution in [2.24, 2.45) is 0 Å². The number of anilines is 1. The number of piperazine rings is 1. The van der Waals surface area contributed by atoms with E-state index in [4.69, 9.17) is 4.74 Å². The van der Waals surface area contributed by atoms with Crippen molar-refractivity contribution in [3.8, 4) is 5.75 Å². The van der Waals surface area contributed by atoms with Crippen molar-refractivity contribution in [2.45, 2.75) is 19.1 Å². The molecular weight excluding hydrogens is 368 g/mol. The lowest BCUT2D eigenvalue weighted by atomic mass is 10.2. The van der Waals surface area contributed by atoms with Gasteiger partial charge in [0.25, 0.3) is 0 Å². The molecule has 2 saturated heterocycles. The third-order valence-electron chi connectivity index (χ3n) is 5.47. The summed E-state index contributed by atoms with van der Waals surface area (Å²) in [6.07, 6.45) is 6.06. The first-order chi connectivity index (χ1) is 14.2. The number of likely N-dealkylation sites (tertiary alicyclic amines) is 1. The highest BCUT2D eigenvalue weighted by Crippen LogP contribution is 2.20. The van der Waals surface area contributed by atoms with E-state index in [9.17, 15) is 4.79 Å². The van der Waals surface area contributed by atoms with Gasteiger partial charge >= 0.3 is 6.03 Å². The molecule has 0 aromatic carbocycles. The molecule has 2 aromatic heterocycles. The first-order valence-electron chi connectivity index (χ1n) is 10.2. The average Bonchev–Trinajstić information content (AvgIpc) is 3.22. The zero-order valence-corrected chi connectivity index (χ0v) is 16.8. The summed E-state index contributed by atoms with van der Waals surface area (Å²) in [6.45, 7) is 5.69. The van der Waals surface area contributed by atoms with Crippen LogP contribution in [0.2, 0.25) is 0 Å². The fourth-order valence-corrected chi connectivity index (χ4v) is 3.77. The molecule has 0 bridgehead atoms. The summed E-state index contributed by atoms with van der Waals surface area (Å²) in [7, 11) is 2.14. The summed E-state index contributed by atoms with van der Waals surface area (Å²) >= 11 is 0. The van der Waals surface area contributed by atoms with Crippen molar-refractivity contribution in [3.63, 3.8) is 0 Å². The molecule has 0 saturated carbocycles. The number of hydrogen-bond acceptors (Lipinski definition) is 6. The van der Waals surface area contributed by atoms with Crippen molar-refractivity contribution in [2.75, 3.05) is 51.2 Å². The monoisotopic (exact) mass is 396 g/mol. The minimum atomic E-state index is -0.0598. The Balaban J connectivity index is 1.30. The van der Waals surface area contributed by atoms with Gasteiger partial charge in [-0.25, -0.2) is 9.78 Å². The summed E-state index contributed by atoms with van der Waals surface area (Å²) in [5.74, 6) is 1.71. The minimum Gasteiger partial charge on any atom is -0.487 e. The van der Waals surface area contributed by atoms with Crippen molar-refractivity contribution >= 4 is 11.8 Å². The van der Waals surface area contributed by atoms with E-state index >= 15 is 0 Å². The molecule has 4 heterocycles. The van der Waals surface area contributed by atoms with E-state index in [-0.39, 0.29) is 12.1 Å². The Morgan fingerprint density at radius 3 is 2.79 bits per heavy atom. The topological polar surface area (TPSA) is 73.8 Å². The smallest absolute Gasteiger partial charge is 0.317 e. The Labute approximate surface area is 171 Å². The minimum absolute atomic E-state index is 0.00393. The van der Waals surface area contributed by atoms with Crippen LogP contribution in [0, 0.1) is 0 Å². The lowest BCUT2D eigenvalue weighted by Crippen LogP contribution is -2.45. The maximum atomic E-state index is 12.7. The van der Waals surface area contributed by atoms with Crippen LogP contribution in [0.5, 0.6) is 5.75 Å². The molecule has 0 radical (unpaired) electrons. The number of aromatic nitrogens is 2. The Kier molecular flexibility index (Phi) is 6.09. The highest BCUT2D eigenvalue weighted by atomic mass is 16.5. The van der Waals surface area contributed by atoms with Gasteiger partial charge in [0.05, 0.1) is 12.7 Å². The van der Waals surface area contributed by atoms with E-state index in [1.807, 2.05) is 35.4 Å². The average molecular weight is 396 g/mol. The van der Waals surface area contributed by atoms with Crippen LogP contribution in [-0.2, 0) is 6.54 Å². The first-order valence-corrected chi connectivity index (χ1v) is 10.2. The van der Waals surface area contributed by atoms with Crippen molar-refractivity contribution in [1.29, 1.82) is 0 Å². The summed E-state index contributed by atoms with van der Waals surface area (Å²) < 4.78 is 5.92. The molecule has 2 fully saturated rings. The van der Waals surface area contributed by atoms with Crippen LogP contribution in [0.25, 0.3) is 0 Å². The number of pyridine rings is 2. The molecule has 0 spiro atoms. The van der Waals surface area contributed by atoms with Gasteiger partial charge in [0, 0.05) is 63.6 Å². The van der Waals surface area contributed by atoms with Gasteiger partial charge in [0.1, 0.15) is 17.7 Å². The molecule has 1 unspecified atom stereocenters. The fourth-order valence-electron chi connectivity index (χ4n) is 3.77. The van der Waals surface area contributed by atoms with Gasteiger partial charge in [0.15, 0.2) is 0 Å². The van der Waals surface area contributed by atoms with E-state index in [0.717, 1.165) is 49.7 Å². The summed E-state index contributed by atoms with van der Waals surface area (Å²) in [4.78, 5) is 27.7. The maximum Gasteiger partial charge on any atom is 0.317 e. The lowest BCUT2D eigenvalue weighted by Gasteiger charge is -2.34. The Morgan fingerprint density at radius 1 is 1.17 bits per heavy atom. The van der Waals surface area contributed by atoms with Crippen LogP contribution in [0.1, 0.15) is 12.0 Å². The molecule has 29 heavy (non-hydrogen) atoms. The number of likely N-dealkylation sites (N-methyl/N-ethyl adjacent to an activating group) is 1. The lowest BCUT2D eigenvalue weighted by molar-refractivity contribution is 0.186. The van der Waals surface area contributed by atoms with Crippen LogP contribution in [0.3, 0.4) is 0 Å². The molecule has 8 heteroatoms. The van der Waals surface area contributed by atoms with Gasteiger partial charge in [-0.3, -0.25) is 4.98 Å². The van der Waals surface area contributed by atoms with Gasteiger partial charge in [-0.15, -0.1) is 0 Å². The molecule has 4 rings (SSSR count). The van der Waals surface area contributed by atoms with Crippen LogP contribution < -0.4 is 15.0 Å². The van der Waals surface area contributed by atoms with E-state index in [1.165, 1.54) is 0 Å². The second-order valence-electron chi connectivity index (χ2n) is 7.60. The Morgan fingerprint density at radius 2 is 2.00 bits per heavy atom. The standard InChI is InChI=1S/C21H28N6O2/c1-25-10-12-26(13-11-25)20-17(4-2-8-23-20)14-24-21(28)27-9-6-19(16-27)29-18-5-3-7-22-15-18/h2-5,7-8,15,19H,6,9-14,16H2,1H3,(H,24,28). The molecule has 1 N–H and O–H groups in total. The molecule has 2 aliphatic rings. The number of ether oxygens (including phenoxy) is 1. The van der Waals surface area contributed by atoms with Crippen LogP contribution in [0.15, 0.2) is 42.9 Å². The van der Waals surface area contributed by atoms with Gasteiger partial charge in [-0.2, -0.15) is 0 Å². The van der Waals surface area contributed by atoms with E-state index in [0.29, 0.717) is 19.6 Å². The normalized spacial score (nSPS) is 20.0. The molecule has 8 nitrogen and oxygen atoms in total. The Bertz CT molecular complexity index is 810. The number of urea groups is 1. The summed E-state index contributed by atoms with van der Waals surface area (Å²) in [5.41, 5.74) is 1.05. The first kappa shape index (κ1) is 19.4. The number of amides is 2. The summed E-state index contributed by atoms with van der Waals surface area (Å²) in [5, 5.41) is 3.06. The molecule has 154 valence electrons. The summed E-state index contributed by atoms with van der Waals surface area (Å²) in [6, 6.07) is 7.64. The number of hydrogen-bond donors (Lipinski definition) is 1. The van der Waals surface area contributed by atoms with E-state index < -0.39 is 0 Å². The number of rotatable bonds is 5. The van der Waals surface area contributed by atoms with Crippen molar-refractivity contribution in [3.05, 3.63) is 48.4 Å². The van der Waals surface area contributed by atoms with Gasteiger partial charge in [-0.05, 0) is 25.2 Å².